The minimum absolute atomic E-state index is 0.240. The van der Waals surface area contributed by atoms with Gasteiger partial charge in [-0.3, -0.25) is 4.98 Å². The minimum atomic E-state index is 0.240. The number of benzene rings is 1. The van der Waals surface area contributed by atoms with Crippen LogP contribution in [0.5, 0.6) is 5.75 Å². The summed E-state index contributed by atoms with van der Waals surface area (Å²) in [5, 5.41) is 10.3. The maximum atomic E-state index is 9.47. The topological polar surface area (TPSA) is 59.1 Å². The third-order valence-electron chi connectivity index (χ3n) is 2.93. The van der Waals surface area contributed by atoms with Crippen molar-refractivity contribution in [3.8, 4) is 5.75 Å². The maximum absolute atomic E-state index is 9.47. The van der Waals surface area contributed by atoms with Crippen molar-refractivity contribution in [2.24, 2.45) is 0 Å². The van der Waals surface area contributed by atoms with E-state index in [4.69, 9.17) is 5.73 Å². The number of fused-ring (bicyclic) bond motifs is 2. The number of anilines is 1. The summed E-state index contributed by atoms with van der Waals surface area (Å²) in [6.45, 7) is 0. The molecule has 0 aliphatic carbocycles. The number of nitrogens with zero attached hydrogens (tertiary/aromatic N) is 1. The van der Waals surface area contributed by atoms with Crippen molar-refractivity contribution in [3.63, 3.8) is 0 Å². The van der Waals surface area contributed by atoms with Crippen LogP contribution in [0.2, 0.25) is 0 Å². The molecule has 0 saturated heterocycles. The van der Waals surface area contributed by atoms with Crippen LogP contribution in [-0.2, 0) is 12.2 Å². The molecule has 1 aliphatic heterocycles. The normalized spacial score (nSPS) is 15.0. The van der Waals surface area contributed by atoms with Crippen LogP contribution in [0, 0.1) is 0 Å². The SMILES string of the molecule is Nc1c2c(nc3ccc(O)cc13)CCSC2. The molecule has 16 heavy (non-hydrogen) atoms. The summed E-state index contributed by atoms with van der Waals surface area (Å²) in [7, 11) is 0. The number of hydrogen-bond acceptors (Lipinski definition) is 4. The summed E-state index contributed by atoms with van der Waals surface area (Å²) in [5.74, 6) is 2.28. The molecule has 0 fully saturated rings. The predicted octanol–water partition coefficient (Wildman–Crippen LogP) is 2.31. The molecular weight excluding hydrogens is 220 g/mol. The fraction of sp³-hybridized carbons (Fsp3) is 0.250. The Hall–Kier alpha value is -1.42. The average molecular weight is 232 g/mol. The van der Waals surface area contributed by atoms with Gasteiger partial charge in [0, 0.05) is 28.1 Å². The quantitative estimate of drug-likeness (QED) is 0.731. The molecule has 1 aromatic heterocycles. The van der Waals surface area contributed by atoms with Gasteiger partial charge in [-0.2, -0.15) is 11.8 Å². The maximum Gasteiger partial charge on any atom is 0.116 e. The Morgan fingerprint density at radius 3 is 3.12 bits per heavy atom. The van der Waals surface area contributed by atoms with Crippen molar-refractivity contribution in [1.82, 2.24) is 4.98 Å². The van der Waals surface area contributed by atoms with Gasteiger partial charge < -0.3 is 10.8 Å². The molecule has 3 rings (SSSR count). The number of phenolic OH excluding ortho intramolecular Hbond substituents is 1. The third kappa shape index (κ3) is 1.41. The van der Waals surface area contributed by atoms with Gasteiger partial charge in [0.2, 0.25) is 0 Å². The molecular formula is C12H12N2OS. The second kappa shape index (κ2) is 3.56. The van der Waals surface area contributed by atoms with E-state index < -0.39 is 0 Å². The molecule has 3 nitrogen and oxygen atoms in total. The number of rotatable bonds is 0. The van der Waals surface area contributed by atoms with Gasteiger partial charge in [-0.25, -0.2) is 0 Å². The highest BCUT2D eigenvalue weighted by Gasteiger charge is 2.16. The molecule has 1 aromatic carbocycles. The van der Waals surface area contributed by atoms with Gasteiger partial charge in [0.15, 0.2) is 0 Å². The lowest BCUT2D eigenvalue weighted by Crippen LogP contribution is -2.09. The number of aromatic hydroxyl groups is 1. The van der Waals surface area contributed by atoms with E-state index in [0.29, 0.717) is 0 Å². The van der Waals surface area contributed by atoms with Gasteiger partial charge in [-0.15, -0.1) is 0 Å². The van der Waals surface area contributed by atoms with E-state index in [1.54, 1.807) is 12.1 Å². The van der Waals surface area contributed by atoms with Gasteiger partial charge in [0.05, 0.1) is 5.52 Å². The van der Waals surface area contributed by atoms with Crippen molar-refractivity contribution in [2.45, 2.75) is 12.2 Å². The van der Waals surface area contributed by atoms with Crippen molar-refractivity contribution in [3.05, 3.63) is 29.5 Å². The van der Waals surface area contributed by atoms with Crippen LogP contribution in [0.1, 0.15) is 11.3 Å². The number of pyridine rings is 1. The summed E-state index contributed by atoms with van der Waals surface area (Å²) < 4.78 is 0. The second-order valence-electron chi connectivity index (χ2n) is 3.95. The minimum Gasteiger partial charge on any atom is -0.508 e. The van der Waals surface area contributed by atoms with Crippen LogP contribution in [-0.4, -0.2) is 15.8 Å². The first-order valence-corrected chi connectivity index (χ1v) is 6.39. The zero-order valence-corrected chi connectivity index (χ0v) is 9.55. The van der Waals surface area contributed by atoms with Crippen molar-refractivity contribution in [1.29, 1.82) is 0 Å². The van der Waals surface area contributed by atoms with E-state index in [2.05, 4.69) is 4.98 Å². The lowest BCUT2D eigenvalue weighted by Gasteiger charge is -2.18. The molecule has 3 N–H and O–H groups in total. The monoisotopic (exact) mass is 232 g/mol. The summed E-state index contributed by atoms with van der Waals surface area (Å²) in [5.41, 5.74) is 10.1. The number of phenols is 1. The Morgan fingerprint density at radius 1 is 1.38 bits per heavy atom. The first kappa shape index (κ1) is 9.78. The zero-order chi connectivity index (χ0) is 11.1. The van der Waals surface area contributed by atoms with Crippen LogP contribution in [0.25, 0.3) is 10.9 Å². The van der Waals surface area contributed by atoms with E-state index in [1.807, 2.05) is 17.8 Å². The summed E-state index contributed by atoms with van der Waals surface area (Å²) >= 11 is 1.88. The molecule has 0 radical (unpaired) electrons. The molecule has 82 valence electrons. The number of hydrogen-bond donors (Lipinski definition) is 2. The lowest BCUT2D eigenvalue weighted by molar-refractivity contribution is 0.476. The van der Waals surface area contributed by atoms with E-state index in [1.165, 1.54) is 0 Å². The number of nitrogen functional groups attached to an aromatic ring is 1. The molecule has 2 aromatic rings. The van der Waals surface area contributed by atoms with E-state index in [0.717, 1.165) is 45.8 Å². The standard InChI is InChI=1S/C12H12N2OS/c13-12-8-5-7(15)1-2-10(8)14-11-3-4-16-6-9(11)12/h1-2,5,15H,3-4,6H2,(H2,13,14). The average Bonchev–Trinajstić information content (AvgIpc) is 2.31. The Bertz CT molecular complexity index is 568. The summed E-state index contributed by atoms with van der Waals surface area (Å²) in [6.07, 6.45) is 0.987. The van der Waals surface area contributed by atoms with Crippen LogP contribution >= 0.6 is 11.8 Å². The fourth-order valence-electron chi connectivity index (χ4n) is 2.08. The zero-order valence-electron chi connectivity index (χ0n) is 8.73. The van der Waals surface area contributed by atoms with Crippen molar-refractivity contribution < 1.29 is 5.11 Å². The molecule has 1 aliphatic rings. The Balaban J connectivity index is 2.35. The lowest BCUT2D eigenvalue weighted by atomic mass is 10.1. The predicted molar refractivity (Wildman–Crippen MR) is 67.7 cm³/mol. The van der Waals surface area contributed by atoms with Gasteiger partial charge in [0.1, 0.15) is 5.75 Å². The fourth-order valence-corrected chi connectivity index (χ4v) is 3.09. The first-order valence-electron chi connectivity index (χ1n) is 5.23. The number of aryl methyl sites for hydroxylation is 1. The summed E-state index contributed by atoms with van der Waals surface area (Å²) in [4.78, 5) is 4.61. The largest absolute Gasteiger partial charge is 0.508 e. The third-order valence-corrected chi connectivity index (χ3v) is 3.91. The number of thioether (sulfide) groups is 1. The van der Waals surface area contributed by atoms with Gasteiger partial charge >= 0.3 is 0 Å². The highest BCUT2D eigenvalue weighted by atomic mass is 32.2. The number of aromatic nitrogens is 1. The van der Waals surface area contributed by atoms with Crippen LogP contribution in [0.3, 0.4) is 0 Å². The smallest absolute Gasteiger partial charge is 0.116 e. The van der Waals surface area contributed by atoms with E-state index in [-0.39, 0.29) is 5.75 Å². The molecule has 2 heterocycles. The van der Waals surface area contributed by atoms with Crippen molar-refractivity contribution >= 4 is 28.4 Å². The molecule has 0 saturated carbocycles. The molecule has 0 unspecified atom stereocenters. The van der Waals surface area contributed by atoms with Crippen LogP contribution < -0.4 is 5.73 Å². The molecule has 0 bridgehead atoms. The second-order valence-corrected chi connectivity index (χ2v) is 5.06. The van der Waals surface area contributed by atoms with E-state index in [9.17, 15) is 5.11 Å². The van der Waals surface area contributed by atoms with Gasteiger partial charge in [0.25, 0.3) is 0 Å². The molecule has 0 spiro atoms. The van der Waals surface area contributed by atoms with Crippen LogP contribution in [0.15, 0.2) is 18.2 Å². The highest BCUT2D eigenvalue weighted by molar-refractivity contribution is 7.98. The molecule has 0 atom stereocenters. The van der Waals surface area contributed by atoms with E-state index >= 15 is 0 Å². The Kier molecular flexibility index (Phi) is 2.17. The molecule has 0 amide bonds. The first-order chi connectivity index (χ1) is 7.75. The molecule has 4 heteroatoms. The highest BCUT2D eigenvalue weighted by Crippen LogP contribution is 2.34. The van der Waals surface area contributed by atoms with Gasteiger partial charge in [-0.05, 0) is 30.4 Å². The summed E-state index contributed by atoms with van der Waals surface area (Å²) in [6, 6.07) is 5.17. The Labute approximate surface area is 97.7 Å². The number of nitrogens with two attached hydrogens (primary N) is 1. The van der Waals surface area contributed by atoms with Crippen LogP contribution in [0.4, 0.5) is 5.69 Å². The van der Waals surface area contributed by atoms with Gasteiger partial charge in [-0.1, -0.05) is 0 Å². The Morgan fingerprint density at radius 2 is 2.25 bits per heavy atom. The van der Waals surface area contributed by atoms with Crippen molar-refractivity contribution in [2.75, 3.05) is 11.5 Å².